The molecule has 0 fully saturated rings. The van der Waals surface area contributed by atoms with Crippen LogP contribution in [0.4, 0.5) is 0 Å². The topological polar surface area (TPSA) is 131 Å². The lowest BCUT2D eigenvalue weighted by atomic mass is 9.88. The number of nitrogens with two attached hydrogens (primary N) is 1. The van der Waals surface area contributed by atoms with E-state index in [0.29, 0.717) is 18.4 Å². The molecule has 36 heavy (non-hydrogen) atoms. The van der Waals surface area contributed by atoms with Gasteiger partial charge in [0.2, 0.25) is 0 Å². The van der Waals surface area contributed by atoms with E-state index in [4.69, 9.17) is 24.7 Å². The van der Waals surface area contributed by atoms with Gasteiger partial charge in [-0.3, -0.25) is 19.2 Å². The van der Waals surface area contributed by atoms with Crippen LogP contribution < -0.4 is 15.2 Å². The van der Waals surface area contributed by atoms with Crippen LogP contribution in [0, 0.1) is 17.3 Å². The molecule has 1 aromatic carbocycles. The number of carbonyl (C=O) groups excluding carboxylic acids is 4. The summed E-state index contributed by atoms with van der Waals surface area (Å²) in [6, 6.07) is 4.66. The van der Waals surface area contributed by atoms with Gasteiger partial charge in [-0.1, -0.05) is 33.8 Å². The van der Waals surface area contributed by atoms with Crippen molar-refractivity contribution in [3.63, 3.8) is 0 Å². The molecule has 0 saturated heterocycles. The molecule has 9 nitrogen and oxygen atoms in total. The Bertz CT molecular complexity index is 936. The van der Waals surface area contributed by atoms with Gasteiger partial charge in [-0.2, -0.15) is 0 Å². The van der Waals surface area contributed by atoms with Crippen molar-refractivity contribution in [2.24, 2.45) is 23.0 Å². The highest BCUT2D eigenvalue weighted by atomic mass is 16.6. The van der Waals surface area contributed by atoms with Gasteiger partial charge < -0.3 is 24.7 Å². The predicted octanol–water partition coefficient (Wildman–Crippen LogP) is 3.98. The number of hydrogen-bond acceptors (Lipinski definition) is 9. The van der Waals surface area contributed by atoms with Crippen LogP contribution in [0.3, 0.4) is 0 Å². The van der Waals surface area contributed by atoms with E-state index in [0.717, 1.165) is 0 Å². The van der Waals surface area contributed by atoms with Crippen molar-refractivity contribution in [3.05, 3.63) is 23.8 Å². The van der Waals surface area contributed by atoms with Gasteiger partial charge >= 0.3 is 23.9 Å². The van der Waals surface area contributed by atoms with E-state index in [-0.39, 0.29) is 42.8 Å². The number of ether oxygens (including phenoxy) is 4. The molecule has 9 heteroatoms. The maximum atomic E-state index is 12.6. The minimum atomic E-state index is -1.51. The Morgan fingerprint density at radius 2 is 1.42 bits per heavy atom. The zero-order chi connectivity index (χ0) is 27.7. The van der Waals surface area contributed by atoms with Crippen molar-refractivity contribution >= 4 is 23.9 Å². The number of benzene rings is 1. The summed E-state index contributed by atoms with van der Waals surface area (Å²) < 4.78 is 21.3. The quantitative estimate of drug-likeness (QED) is 0.329. The summed E-state index contributed by atoms with van der Waals surface area (Å²) >= 11 is 0. The molecule has 1 aromatic rings. The fraction of sp³-hybridized carbons (Fsp3) is 0.630. The molecule has 0 heterocycles. The van der Waals surface area contributed by atoms with Crippen molar-refractivity contribution in [1.29, 1.82) is 0 Å². The highest BCUT2D eigenvalue weighted by molar-refractivity contribution is 5.81. The van der Waals surface area contributed by atoms with Crippen molar-refractivity contribution in [2.75, 3.05) is 13.7 Å². The van der Waals surface area contributed by atoms with Crippen LogP contribution in [0.2, 0.25) is 0 Å². The first-order valence-electron chi connectivity index (χ1n) is 12.3. The second kappa shape index (κ2) is 13.4. The molecule has 2 N–H and O–H groups in total. The molecule has 0 spiro atoms. The molecule has 0 radical (unpaired) electrons. The maximum Gasteiger partial charge on any atom is 0.326 e. The number of methoxy groups -OCH3 is 1. The summed E-state index contributed by atoms with van der Waals surface area (Å²) in [7, 11) is 1.22. The van der Waals surface area contributed by atoms with Gasteiger partial charge in [0.05, 0.1) is 31.0 Å². The molecular weight excluding hydrogens is 466 g/mol. The monoisotopic (exact) mass is 507 g/mol. The van der Waals surface area contributed by atoms with Crippen molar-refractivity contribution in [1.82, 2.24) is 0 Å². The lowest BCUT2D eigenvalue weighted by Crippen LogP contribution is -2.51. The van der Waals surface area contributed by atoms with Gasteiger partial charge in [-0.05, 0) is 51.3 Å². The second-order valence-corrected chi connectivity index (χ2v) is 10.2. The van der Waals surface area contributed by atoms with Crippen LogP contribution in [0.15, 0.2) is 18.2 Å². The smallest absolute Gasteiger partial charge is 0.326 e. The zero-order valence-corrected chi connectivity index (χ0v) is 22.8. The molecule has 0 aliphatic carbocycles. The average molecular weight is 508 g/mol. The molecule has 0 aliphatic heterocycles. The van der Waals surface area contributed by atoms with E-state index in [1.807, 2.05) is 13.8 Å². The van der Waals surface area contributed by atoms with E-state index in [1.165, 1.54) is 19.2 Å². The Kier molecular flexibility index (Phi) is 11.6. The molecule has 0 amide bonds. The molecule has 0 saturated carbocycles. The third kappa shape index (κ3) is 8.93. The number of hydrogen-bond donors (Lipinski definition) is 1. The number of esters is 4. The average Bonchev–Trinajstić information content (AvgIpc) is 2.82. The molecular formula is C27H41NO8. The predicted molar refractivity (Wildman–Crippen MR) is 134 cm³/mol. The van der Waals surface area contributed by atoms with Crippen molar-refractivity contribution in [2.45, 2.75) is 79.7 Å². The fourth-order valence-electron chi connectivity index (χ4n) is 2.95. The van der Waals surface area contributed by atoms with Crippen molar-refractivity contribution < 1.29 is 38.1 Å². The normalized spacial score (nSPS) is 14.7. The van der Waals surface area contributed by atoms with Gasteiger partial charge in [0, 0.05) is 12.8 Å². The third-order valence-corrected chi connectivity index (χ3v) is 5.96. The minimum absolute atomic E-state index is 0.000211. The molecule has 202 valence electrons. The Morgan fingerprint density at radius 3 is 1.89 bits per heavy atom. The Balaban J connectivity index is 3.25. The van der Waals surface area contributed by atoms with Crippen LogP contribution in [-0.4, -0.2) is 43.1 Å². The second-order valence-electron chi connectivity index (χ2n) is 10.2. The standard InChI is InChI=1S/C27H41NO8/c1-9-17(3)22(29)35-20-12-11-19(15-21(20)36-23(30)18(4)10-2)16-27(28,25(32)33-8)13-14-34-24(31)26(5,6)7/h11-12,15,17-18H,9-10,13-14,16,28H2,1-8H3/t17?,18?,27-/m1/s1. The first-order valence-corrected chi connectivity index (χ1v) is 12.3. The Labute approximate surface area is 214 Å². The van der Waals surface area contributed by atoms with E-state index in [1.54, 1.807) is 40.7 Å². The van der Waals surface area contributed by atoms with Gasteiger partial charge in [-0.25, -0.2) is 0 Å². The SMILES string of the molecule is CCC(C)C(=O)Oc1ccc(C[C@](N)(CCOC(=O)C(C)(C)C)C(=O)OC)cc1OC(=O)C(C)CC. The summed E-state index contributed by atoms with van der Waals surface area (Å²) in [4.78, 5) is 49.6. The molecule has 0 aliphatic rings. The van der Waals surface area contributed by atoms with Gasteiger partial charge in [0.25, 0.3) is 0 Å². The maximum absolute atomic E-state index is 12.6. The molecule has 0 aromatic heterocycles. The third-order valence-electron chi connectivity index (χ3n) is 5.96. The van der Waals surface area contributed by atoms with Crippen LogP contribution in [0.1, 0.15) is 73.3 Å². The van der Waals surface area contributed by atoms with Crippen LogP contribution in [0.25, 0.3) is 0 Å². The zero-order valence-electron chi connectivity index (χ0n) is 22.8. The minimum Gasteiger partial charge on any atom is -0.468 e. The first kappa shape index (κ1) is 31.1. The first-order chi connectivity index (χ1) is 16.7. The van der Waals surface area contributed by atoms with Gasteiger partial charge in [0.1, 0.15) is 5.54 Å². The molecule has 1 rings (SSSR count). The van der Waals surface area contributed by atoms with E-state index in [9.17, 15) is 19.2 Å². The highest BCUT2D eigenvalue weighted by Gasteiger charge is 2.36. The largest absolute Gasteiger partial charge is 0.468 e. The molecule has 0 bridgehead atoms. The van der Waals surface area contributed by atoms with Gasteiger partial charge in [0.15, 0.2) is 11.5 Å². The lowest BCUT2D eigenvalue weighted by Gasteiger charge is -2.27. The van der Waals surface area contributed by atoms with E-state index < -0.39 is 34.8 Å². The van der Waals surface area contributed by atoms with Gasteiger partial charge in [-0.15, -0.1) is 0 Å². The summed E-state index contributed by atoms with van der Waals surface area (Å²) in [6.45, 7) is 12.3. The molecule has 3 atom stereocenters. The van der Waals surface area contributed by atoms with Crippen LogP contribution in [-0.2, 0) is 35.1 Å². The molecule has 2 unspecified atom stereocenters. The van der Waals surface area contributed by atoms with Crippen LogP contribution in [0.5, 0.6) is 11.5 Å². The van der Waals surface area contributed by atoms with Crippen LogP contribution >= 0.6 is 0 Å². The van der Waals surface area contributed by atoms with Crippen molar-refractivity contribution in [3.8, 4) is 11.5 Å². The van der Waals surface area contributed by atoms with E-state index >= 15 is 0 Å². The summed E-state index contributed by atoms with van der Waals surface area (Å²) in [6.07, 6.45) is 1.17. The van der Waals surface area contributed by atoms with E-state index in [2.05, 4.69) is 0 Å². The number of rotatable bonds is 12. The lowest BCUT2D eigenvalue weighted by molar-refractivity contribution is -0.156. The summed E-state index contributed by atoms with van der Waals surface area (Å²) in [5.41, 5.74) is 4.75. The number of carbonyl (C=O) groups is 4. The Hall–Kier alpha value is -2.94. The summed E-state index contributed by atoms with van der Waals surface area (Å²) in [5.74, 6) is -2.57. The fourth-order valence-corrected chi connectivity index (χ4v) is 2.95. The Morgan fingerprint density at radius 1 is 0.889 bits per heavy atom. The summed E-state index contributed by atoms with van der Waals surface area (Å²) in [5, 5.41) is 0. The highest BCUT2D eigenvalue weighted by Crippen LogP contribution is 2.32.